The molecule has 1 aromatic heterocycles. The Labute approximate surface area is 115 Å². The van der Waals surface area contributed by atoms with Gasteiger partial charge in [0.25, 0.3) is 0 Å². The van der Waals surface area contributed by atoms with Gasteiger partial charge in [0.05, 0.1) is 0 Å². The number of nitrogens with zero attached hydrogens (tertiary/aromatic N) is 2. The SMILES string of the molecule is NCCCCc1nc(-c2cc(Cl)cc(Cl)c2)no1. The summed E-state index contributed by atoms with van der Waals surface area (Å²) in [5.41, 5.74) is 6.18. The van der Waals surface area contributed by atoms with Gasteiger partial charge in [-0.3, -0.25) is 0 Å². The van der Waals surface area contributed by atoms with Gasteiger partial charge in [-0.15, -0.1) is 0 Å². The van der Waals surface area contributed by atoms with Gasteiger partial charge in [0, 0.05) is 22.0 Å². The maximum absolute atomic E-state index is 5.92. The summed E-state index contributed by atoms with van der Waals surface area (Å²) in [5, 5.41) is 5.01. The number of aryl methyl sites for hydroxylation is 1. The van der Waals surface area contributed by atoms with E-state index in [0.29, 0.717) is 28.3 Å². The van der Waals surface area contributed by atoms with Crippen LogP contribution in [0.4, 0.5) is 0 Å². The predicted octanol–water partition coefficient (Wildman–Crippen LogP) is 3.32. The fourth-order valence-electron chi connectivity index (χ4n) is 1.58. The first-order valence-electron chi connectivity index (χ1n) is 5.68. The standard InChI is InChI=1S/C12H13Cl2N3O/c13-9-5-8(6-10(14)7-9)12-16-11(18-17-12)3-1-2-4-15/h5-7H,1-4,15H2. The maximum atomic E-state index is 5.92. The van der Waals surface area contributed by atoms with Crippen LogP contribution in [0.5, 0.6) is 0 Å². The van der Waals surface area contributed by atoms with Crippen molar-refractivity contribution in [2.75, 3.05) is 6.54 Å². The molecule has 2 N–H and O–H groups in total. The molecule has 0 aliphatic carbocycles. The summed E-state index contributed by atoms with van der Waals surface area (Å²) in [4.78, 5) is 4.30. The van der Waals surface area contributed by atoms with Crippen LogP contribution in [-0.4, -0.2) is 16.7 Å². The molecule has 0 radical (unpaired) electrons. The number of nitrogens with two attached hydrogens (primary N) is 1. The van der Waals surface area contributed by atoms with Crippen molar-refractivity contribution in [2.24, 2.45) is 5.73 Å². The minimum absolute atomic E-state index is 0.502. The molecule has 0 saturated heterocycles. The third-order valence-electron chi connectivity index (χ3n) is 2.43. The van der Waals surface area contributed by atoms with E-state index in [1.165, 1.54) is 0 Å². The minimum Gasteiger partial charge on any atom is -0.339 e. The molecular weight excluding hydrogens is 273 g/mol. The van der Waals surface area contributed by atoms with Crippen LogP contribution in [0.15, 0.2) is 22.7 Å². The highest BCUT2D eigenvalue weighted by atomic mass is 35.5. The van der Waals surface area contributed by atoms with Gasteiger partial charge in [0.15, 0.2) is 0 Å². The first-order valence-corrected chi connectivity index (χ1v) is 6.44. The first-order chi connectivity index (χ1) is 8.69. The highest BCUT2D eigenvalue weighted by Crippen LogP contribution is 2.25. The molecule has 18 heavy (non-hydrogen) atoms. The summed E-state index contributed by atoms with van der Waals surface area (Å²) >= 11 is 11.8. The Bertz CT molecular complexity index is 508. The van der Waals surface area contributed by atoms with Gasteiger partial charge in [0.2, 0.25) is 11.7 Å². The molecule has 1 heterocycles. The lowest BCUT2D eigenvalue weighted by atomic mass is 10.2. The molecule has 0 unspecified atom stereocenters. The minimum atomic E-state index is 0.502. The quantitative estimate of drug-likeness (QED) is 0.856. The van der Waals surface area contributed by atoms with Gasteiger partial charge < -0.3 is 10.3 Å². The van der Waals surface area contributed by atoms with Crippen LogP contribution >= 0.6 is 23.2 Å². The van der Waals surface area contributed by atoms with Crippen LogP contribution in [-0.2, 0) is 6.42 Å². The lowest BCUT2D eigenvalue weighted by Gasteiger charge is -1.97. The van der Waals surface area contributed by atoms with Crippen LogP contribution in [0.1, 0.15) is 18.7 Å². The van der Waals surface area contributed by atoms with E-state index in [0.717, 1.165) is 24.8 Å². The number of hydrogen-bond acceptors (Lipinski definition) is 4. The molecular formula is C12H13Cl2N3O. The molecule has 0 amide bonds. The third-order valence-corrected chi connectivity index (χ3v) is 2.87. The first kappa shape index (κ1) is 13.3. The molecule has 2 aromatic rings. The highest BCUT2D eigenvalue weighted by Gasteiger charge is 2.09. The Balaban J connectivity index is 2.13. The third kappa shape index (κ3) is 3.45. The molecule has 96 valence electrons. The zero-order valence-electron chi connectivity index (χ0n) is 9.70. The lowest BCUT2D eigenvalue weighted by Crippen LogP contribution is -1.99. The summed E-state index contributed by atoms with van der Waals surface area (Å²) in [6, 6.07) is 5.17. The van der Waals surface area contributed by atoms with Gasteiger partial charge in [-0.05, 0) is 37.6 Å². The molecule has 2 rings (SSSR count). The van der Waals surface area contributed by atoms with Crippen LogP contribution in [0.3, 0.4) is 0 Å². The van der Waals surface area contributed by atoms with Crippen molar-refractivity contribution in [1.29, 1.82) is 0 Å². The summed E-state index contributed by atoms with van der Waals surface area (Å²) in [6.07, 6.45) is 2.62. The number of benzene rings is 1. The molecule has 1 aromatic carbocycles. The fourth-order valence-corrected chi connectivity index (χ4v) is 2.10. The van der Waals surface area contributed by atoms with E-state index >= 15 is 0 Å². The van der Waals surface area contributed by atoms with E-state index in [9.17, 15) is 0 Å². The van der Waals surface area contributed by atoms with Gasteiger partial charge in [-0.2, -0.15) is 4.98 Å². The summed E-state index contributed by atoms with van der Waals surface area (Å²) < 4.78 is 5.16. The summed E-state index contributed by atoms with van der Waals surface area (Å²) in [5.74, 6) is 1.11. The lowest BCUT2D eigenvalue weighted by molar-refractivity contribution is 0.375. The zero-order valence-corrected chi connectivity index (χ0v) is 11.2. The van der Waals surface area contributed by atoms with Crippen LogP contribution < -0.4 is 5.73 Å². The fraction of sp³-hybridized carbons (Fsp3) is 0.333. The summed E-state index contributed by atoms with van der Waals surface area (Å²) in [6.45, 7) is 0.672. The van der Waals surface area contributed by atoms with E-state index in [1.54, 1.807) is 18.2 Å². The number of halogens is 2. The Morgan fingerprint density at radius 3 is 2.50 bits per heavy atom. The molecule has 0 saturated carbocycles. The van der Waals surface area contributed by atoms with Crippen molar-refractivity contribution in [1.82, 2.24) is 10.1 Å². The van der Waals surface area contributed by atoms with E-state index in [-0.39, 0.29) is 0 Å². The Hall–Kier alpha value is -1.10. The highest BCUT2D eigenvalue weighted by molar-refractivity contribution is 6.35. The van der Waals surface area contributed by atoms with Crippen molar-refractivity contribution in [3.8, 4) is 11.4 Å². The molecule has 0 fully saturated rings. The predicted molar refractivity (Wildman–Crippen MR) is 71.7 cm³/mol. The van der Waals surface area contributed by atoms with E-state index in [4.69, 9.17) is 33.5 Å². The number of hydrogen-bond donors (Lipinski definition) is 1. The Morgan fingerprint density at radius 2 is 1.83 bits per heavy atom. The van der Waals surface area contributed by atoms with Crippen molar-refractivity contribution < 1.29 is 4.52 Å². The second kappa shape index (κ2) is 6.18. The van der Waals surface area contributed by atoms with E-state index in [2.05, 4.69) is 10.1 Å². The van der Waals surface area contributed by atoms with E-state index in [1.807, 2.05) is 0 Å². The topological polar surface area (TPSA) is 64.9 Å². The van der Waals surface area contributed by atoms with Crippen molar-refractivity contribution in [2.45, 2.75) is 19.3 Å². The second-order valence-corrected chi connectivity index (χ2v) is 4.79. The van der Waals surface area contributed by atoms with Gasteiger partial charge in [-0.1, -0.05) is 28.4 Å². The van der Waals surface area contributed by atoms with Crippen LogP contribution in [0.25, 0.3) is 11.4 Å². The number of unbranched alkanes of at least 4 members (excludes halogenated alkanes) is 1. The molecule has 0 aliphatic heterocycles. The molecule has 0 atom stereocenters. The Morgan fingerprint density at radius 1 is 1.11 bits per heavy atom. The molecule has 0 aliphatic rings. The Kier molecular flexibility index (Phi) is 4.58. The largest absolute Gasteiger partial charge is 0.339 e. The van der Waals surface area contributed by atoms with Crippen molar-refractivity contribution in [3.63, 3.8) is 0 Å². The maximum Gasteiger partial charge on any atom is 0.226 e. The zero-order chi connectivity index (χ0) is 13.0. The number of rotatable bonds is 5. The van der Waals surface area contributed by atoms with Crippen molar-refractivity contribution >= 4 is 23.2 Å². The van der Waals surface area contributed by atoms with Gasteiger partial charge in [0.1, 0.15) is 0 Å². The monoisotopic (exact) mass is 285 g/mol. The second-order valence-electron chi connectivity index (χ2n) is 3.92. The average Bonchev–Trinajstić information content (AvgIpc) is 2.77. The van der Waals surface area contributed by atoms with Crippen LogP contribution in [0.2, 0.25) is 10.0 Å². The smallest absolute Gasteiger partial charge is 0.226 e. The number of aromatic nitrogens is 2. The van der Waals surface area contributed by atoms with Gasteiger partial charge >= 0.3 is 0 Å². The molecule has 6 heteroatoms. The normalized spacial score (nSPS) is 10.8. The van der Waals surface area contributed by atoms with E-state index < -0.39 is 0 Å². The molecule has 0 spiro atoms. The molecule has 0 bridgehead atoms. The molecule has 4 nitrogen and oxygen atoms in total. The van der Waals surface area contributed by atoms with Crippen LogP contribution in [0, 0.1) is 0 Å². The summed E-state index contributed by atoms with van der Waals surface area (Å²) in [7, 11) is 0. The van der Waals surface area contributed by atoms with Crippen molar-refractivity contribution in [3.05, 3.63) is 34.1 Å². The average molecular weight is 286 g/mol. The van der Waals surface area contributed by atoms with Gasteiger partial charge in [-0.25, -0.2) is 0 Å².